The number of hydrogen-bond donors (Lipinski definition) is 3. The summed E-state index contributed by atoms with van der Waals surface area (Å²) < 4.78 is 22.4. The molecule has 25 heavy (non-hydrogen) atoms. The van der Waals surface area contributed by atoms with Crippen molar-refractivity contribution in [2.45, 2.75) is 17.7 Å². The summed E-state index contributed by atoms with van der Waals surface area (Å²) in [6.07, 6.45) is 1.58. The van der Waals surface area contributed by atoms with Crippen LogP contribution in [0.5, 0.6) is 0 Å². The van der Waals surface area contributed by atoms with E-state index in [2.05, 4.69) is 10.6 Å². The molecule has 2 aromatic rings. The van der Waals surface area contributed by atoms with E-state index in [0.29, 0.717) is 11.7 Å². The van der Waals surface area contributed by atoms with Gasteiger partial charge in [0.05, 0.1) is 4.90 Å². The van der Waals surface area contributed by atoms with Crippen molar-refractivity contribution < 1.29 is 8.42 Å². The Kier molecular flexibility index (Phi) is 7.19. The fraction of sp³-hybridized carbons (Fsp3) is 0.235. The summed E-state index contributed by atoms with van der Waals surface area (Å²) >= 11 is 11.1. The van der Waals surface area contributed by atoms with Crippen LogP contribution in [-0.2, 0) is 22.9 Å². The van der Waals surface area contributed by atoms with Crippen LogP contribution < -0.4 is 15.8 Å². The van der Waals surface area contributed by atoms with Gasteiger partial charge in [-0.1, -0.05) is 35.9 Å². The van der Waals surface area contributed by atoms with Crippen LogP contribution in [0.2, 0.25) is 5.02 Å². The van der Waals surface area contributed by atoms with Crippen molar-refractivity contribution in [1.82, 2.24) is 10.6 Å². The summed E-state index contributed by atoms with van der Waals surface area (Å²) in [4.78, 5) is 0.114. The van der Waals surface area contributed by atoms with Crippen molar-refractivity contribution in [2.75, 3.05) is 13.1 Å². The average molecular weight is 398 g/mol. The first-order valence-electron chi connectivity index (χ1n) is 7.72. The van der Waals surface area contributed by atoms with Gasteiger partial charge in [-0.25, -0.2) is 13.6 Å². The normalized spacial score (nSPS) is 11.1. The molecule has 134 valence electrons. The van der Waals surface area contributed by atoms with Crippen LogP contribution in [0.3, 0.4) is 0 Å². The standard InChI is InChI=1S/C17H20ClN3O2S2/c18-15-5-1-13(2-6-15)9-11-20-17(24)21-12-10-14-3-7-16(8-4-14)25(19,22)23/h1-8H,9-12H2,(H2,19,22,23)(H2,20,21,24). The molecular formula is C17H20ClN3O2S2. The lowest BCUT2D eigenvalue weighted by molar-refractivity contribution is 0.598. The largest absolute Gasteiger partial charge is 0.362 e. The van der Waals surface area contributed by atoms with Crippen molar-refractivity contribution in [3.8, 4) is 0 Å². The molecular weight excluding hydrogens is 378 g/mol. The van der Waals surface area contributed by atoms with E-state index in [1.165, 1.54) is 17.7 Å². The van der Waals surface area contributed by atoms with Gasteiger partial charge in [0.1, 0.15) is 0 Å². The second-order valence-electron chi connectivity index (χ2n) is 5.50. The van der Waals surface area contributed by atoms with E-state index in [-0.39, 0.29) is 4.90 Å². The van der Waals surface area contributed by atoms with E-state index in [1.54, 1.807) is 12.1 Å². The maximum Gasteiger partial charge on any atom is 0.238 e. The highest BCUT2D eigenvalue weighted by Gasteiger charge is 2.06. The number of halogens is 1. The van der Waals surface area contributed by atoms with Gasteiger partial charge in [-0.3, -0.25) is 0 Å². The first-order valence-corrected chi connectivity index (χ1v) is 10.1. The lowest BCUT2D eigenvalue weighted by atomic mass is 10.1. The number of thiocarbonyl (C=S) groups is 1. The van der Waals surface area contributed by atoms with Crippen molar-refractivity contribution in [1.29, 1.82) is 0 Å². The predicted molar refractivity (Wildman–Crippen MR) is 105 cm³/mol. The summed E-state index contributed by atoms with van der Waals surface area (Å²) in [5, 5.41) is 12.7. The van der Waals surface area contributed by atoms with Crippen LogP contribution in [0.25, 0.3) is 0 Å². The maximum absolute atomic E-state index is 11.2. The molecule has 0 heterocycles. The fourth-order valence-corrected chi connectivity index (χ4v) is 3.05. The molecule has 4 N–H and O–H groups in total. The quantitative estimate of drug-likeness (QED) is 0.624. The van der Waals surface area contributed by atoms with Gasteiger partial charge in [0, 0.05) is 18.1 Å². The molecule has 0 aromatic heterocycles. The number of rotatable bonds is 7. The Morgan fingerprint density at radius 1 is 0.920 bits per heavy atom. The highest BCUT2D eigenvalue weighted by Crippen LogP contribution is 2.10. The molecule has 0 saturated carbocycles. The predicted octanol–water partition coefficient (Wildman–Crippen LogP) is 2.24. The van der Waals surface area contributed by atoms with Crippen molar-refractivity contribution in [2.24, 2.45) is 5.14 Å². The van der Waals surface area contributed by atoms with E-state index >= 15 is 0 Å². The van der Waals surface area contributed by atoms with Crippen molar-refractivity contribution >= 4 is 39.0 Å². The monoisotopic (exact) mass is 397 g/mol. The zero-order valence-electron chi connectivity index (χ0n) is 13.5. The van der Waals surface area contributed by atoms with Crippen LogP contribution in [-0.4, -0.2) is 26.6 Å². The van der Waals surface area contributed by atoms with Crippen LogP contribution in [0.4, 0.5) is 0 Å². The van der Waals surface area contributed by atoms with E-state index in [4.69, 9.17) is 29.0 Å². The molecule has 2 rings (SSSR count). The van der Waals surface area contributed by atoms with Crippen molar-refractivity contribution in [3.05, 3.63) is 64.7 Å². The Balaban J connectivity index is 1.67. The van der Waals surface area contributed by atoms with Crippen molar-refractivity contribution in [3.63, 3.8) is 0 Å². The lowest BCUT2D eigenvalue weighted by Gasteiger charge is -2.11. The van der Waals surface area contributed by atoms with Gasteiger partial charge in [0.25, 0.3) is 0 Å². The minimum absolute atomic E-state index is 0.114. The molecule has 0 aliphatic carbocycles. The van der Waals surface area contributed by atoms with Gasteiger partial charge < -0.3 is 10.6 Å². The molecule has 0 fully saturated rings. The van der Waals surface area contributed by atoms with E-state index in [0.717, 1.165) is 30.0 Å². The third kappa shape index (κ3) is 6.99. The summed E-state index contributed by atoms with van der Waals surface area (Å²) in [7, 11) is -3.64. The molecule has 0 bridgehead atoms. The molecule has 0 amide bonds. The molecule has 0 aliphatic rings. The summed E-state index contributed by atoms with van der Waals surface area (Å²) in [5.74, 6) is 0. The molecule has 0 unspecified atom stereocenters. The molecule has 0 atom stereocenters. The van der Waals surface area contributed by atoms with Gasteiger partial charge in [-0.05, 0) is 60.5 Å². The first kappa shape index (κ1) is 19.7. The van der Waals surface area contributed by atoms with Crippen LogP contribution in [0.1, 0.15) is 11.1 Å². The molecule has 8 heteroatoms. The SMILES string of the molecule is NS(=O)(=O)c1ccc(CCNC(=S)NCCc2ccc(Cl)cc2)cc1. The van der Waals surface area contributed by atoms with E-state index in [1.807, 2.05) is 24.3 Å². The second kappa shape index (κ2) is 9.15. The highest BCUT2D eigenvalue weighted by atomic mass is 35.5. The molecule has 0 aliphatic heterocycles. The van der Waals surface area contributed by atoms with E-state index in [9.17, 15) is 8.42 Å². The topological polar surface area (TPSA) is 84.2 Å². The van der Waals surface area contributed by atoms with Crippen LogP contribution >= 0.6 is 23.8 Å². The molecule has 2 aromatic carbocycles. The number of benzene rings is 2. The fourth-order valence-electron chi connectivity index (χ4n) is 2.20. The average Bonchev–Trinajstić information content (AvgIpc) is 2.56. The third-order valence-electron chi connectivity index (χ3n) is 3.56. The minimum Gasteiger partial charge on any atom is -0.362 e. The number of nitrogens with one attached hydrogen (secondary N) is 2. The Hall–Kier alpha value is -1.67. The Morgan fingerprint density at radius 3 is 1.80 bits per heavy atom. The molecule has 0 spiro atoms. The Bertz CT molecular complexity index is 807. The van der Waals surface area contributed by atoms with Gasteiger partial charge >= 0.3 is 0 Å². The Morgan fingerprint density at radius 2 is 1.36 bits per heavy atom. The van der Waals surface area contributed by atoms with Crippen LogP contribution in [0.15, 0.2) is 53.4 Å². The van der Waals surface area contributed by atoms with Gasteiger partial charge in [-0.15, -0.1) is 0 Å². The van der Waals surface area contributed by atoms with Gasteiger partial charge in [-0.2, -0.15) is 0 Å². The highest BCUT2D eigenvalue weighted by molar-refractivity contribution is 7.89. The summed E-state index contributed by atoms with van der Waals surface area (Å²) in [6.45, 7) is 1.39. The zero-order chi connectivity index (χ0) is 18.3. The molecule has 5 nitrogen and oxygen atoms in total. The summed E-state index contributed by atoms with van der Waals surface area (Å²) in [5.41, 5.74) is 2.19. The second-order valence-corrected chi connectivity index (χ2v) is 7.90. The number of hydrogen-bond acceptors (Lipinski definition) is 3. The number of primary sulfonamides is 1. The zero-order valence-corrected chi connectivity index (χ0v) is 15.9. The van der Waals surface area contributed by atoms with Gasteiger partial charge in [0.15, 0.2) is 5.11 Å². The van der Waals surface area contributed by atoms with E-state index < -0.39 is 10.0 Å². The Labute approximate surface area is 158 Å². The smallest absolute Gasteiger partial charge is 0.238 e. The minimum atomic E-state index is -3.64. The van der Waals surface area contributed by atoms with Crippen LogP contribution in [0, 0.1) is 0 Å². The molecule has 0 saturated heterocycles. The maximum atomic E-state index is 11.2. The summed E-state index contributed by atoms with van der Waals surface area (Å²) in [6, 6.07) is 14.2. The molecule has 0 radical (unpaired) electrons. The number of nitrogens with two attached hydrogens (primary N) is 1. The number of sulfonamides is 1. The first-order chi connectivity index (χ1) is 11.8. The third-order valence-corrected chi connectivity index (χ3v) is 5.03. The lowest BCUT2D eigenvalue weighted by Crippen LogP contribution is -2.37. The van der Waals surface area contributed by atoms with Gasteiger partial charge in [0.2, 0.25) is 10.0 Å².